The molecule has 0 aliphatic carbocycles. The molecule has 0 bridgehead atoms. The molecule has 96 valence electrons. The van der Waals surface area contributed by atoms with Crippen molar-refractivity contribution >= 4 is 28.9 Å². The van der Waals surface area contributed by atoms with Crippen molar-refractivity contribution in [2.75, 3.05) is 0 Å². The van der Waals surface area contributed by atoms with Crippen LogP contribution in [0, 0.1) is 22.7 Å². The first-order chi connectivity index (χ1) is 8.12. The van der Waals surface area contributed by atoms with E-state index in [2.05, 4.69) is 12.1 Å². The lowest BCUT2D eigenvalue weighted by atomic mass is 10.2. The smallest absolute Gasteiger partial charge is 0.198 e. The van der Waals surface area contributed by atoms with Gasteiger partial charge in [-0.3, -0.25) is 0 Å². The van der Waals surface area contributed by atoms with Crippen LogP contribution in [0.25, 0.3) is 0 Å². The predicted octanol–water partition coefficient (Wildman–Crippen LogP) is 5.07. The maximum absolute atomic E-state index is 8.40. The molecule has 5 heteroatoms. The highest BCUT2D eigenvalue weighted by Crippen LogP contribution is 2.30. The fourth-order valence-corrected chi connectivity index (χ4v) is 5.04. The third kappa shape index (κ3) is 12.0. The molecule has 2 nitrogen and oxygen atoms in total. The molecule has 0 fully saturated rings. The van der Waals surface area contributed by atoms with E-state index in [1.54, 1.807) is 0 Å². The van der Waals surface area contributed by atoms with Gasteiger partial charge in [0.25, 0.3) is 6.69 Å². The third-order valence-corrected chi connectivity index (χ3v) is 7.10. The van der Waals surface area contributed by atoms with Gasteiger partial charge in [0.2, 0.25) is 0 Å². The lowest BCUT2D eigenvalue weighted by Gasteiger charge is -2.15. The number of nitriles is 2. The van der Waals surface area contributed by atoms with E-state index in [-0.39, 0.29) is 0 Å². The summed E-state index contributed by atoms with van der Waals surface area (Å²) >= 11 is 12.7. The molecule has 0 heterocycles. The van der Waals surface area contributed by atoms with Crippen LogP contribution in [0.3, 0.4) is 0 Å². The van der Waals surface area contributed by atoms with Crippen molar-refractivity contribution in [2.45, 2.75) is 63.5 Å². The van der Waals surface area contributed by atoms with Crippen molar-refractivity contribution in [1.29, 1.82) is 10.5 Å². The zero-order valence-electron chi connectivity index (χ0n) is 10.2. The van der Waals surface area contributed by atoms with Crippen LogP contribution in [0.5, 0.6) is 0 Å². The maximum atomic E-state index is 8.40. The van der Waals surface area contributed by atoms with Crippen molar-refractivity contribution in [3.05, 3.63) is 0 Å². The van der Waals surface area contributed by atoms with E-state index < -0.39 is 6.69 Å². The highest BCUT2D eigenvalue weighted by atomic mass is 35.7. The molecule has 0 saturated carbocycles. The summed E-state index contributed by atoms with van der Waals surface area (Å²) in [6, 6.07) is 6.14. The topological polar surface area (TPSA) is 47.6 Å². The zero-order valence-corrected chi connectivity index (χ0v) is 12.7. The number of halogens is 2. The Hall–Kier alpha value is -0.223. The third-order valence-electron chi connectivity index (χ3n) is 2.66. The summed E-state index contributed by atoms with van der Waals surface area (Å²) in [4.78, 5) is 0. The predicted molar refractivity (Wildman–Crippen MR) is 75.2 cm³/mol. The maximum Gasteiger partial charge on any atom is 0.251 e. The zero-order chi connectivity index (χ0) is 13.0. The van der Waals surface area contributed by atoms with Crippen LogP contribution in [0.15, 0.2) is 0 Å². The van der Waals surface area contributed by atoms with Gasteiger partial charge in [0, 0.05) is 12.8 Å². The van der Waals surface area contributed by atoms with Gasteiger partial charge in [0.05, 0.1) is 12.1 Å². The van der Waals surface area contributed by atoms with E-state index in [9.17, 15) is 0 Å². The Labute approximate surface area is 115 Å². The molecule has 0 spiro atoms. The fourth-order valence-electron chi connectivity index (χ4n) is 1.65. The molecule has 0 amide bonds. The van der Waals surface area contributed by atoms with Crippen LogP contribution in [-0.4, -0.2) is 6.69 Å². The molecule has 17 heavy (non-hydrogen) atoms. The largest absolute Gasteiger partial charge is 0.251 e. The van der Waals surface area contributed by atoms with Gasteiger partial charge in [0.15, 0.2) is 0 Å². The summed E-state index contributed by atoms with van der Waals surface area (Å²) in [5.74, 6) is 0. The summed E-state index contributed by atoms with van der Waals surface area (Å²) < 4.78 is 0. The summed E-state index contributed by atoms with van der Waals surface area (Å²) in [5, 5.41) is 16.8. The molecule has 0 aromatic carbocycles. The minimum absolute atomic E-state index is 0.632. The van der Waals surface area contributed by atoms with Gasteiger partial charge in [-0.25, -0.2) is 0 Å². The molecule has 0 rings (SSSR count). The fraction of sp³-hybridized carbons (Fsp3) is 0.833. The van der Waals surface area contributed by atoms with E-state index in [1.165, 1.54) is 0 Å². The van der Waals surface area contributed by atoms with Crippen LogP contribution in [0.1, 0.15) is 51.4 Å². The van der Waals surface area contributed by atoms with Crippen molar-refractivity contribution in [2.24, 2.45) is 0 Å². The van der Waals surface area contributed by atoms with E-state index in [0.29, 0.717) is 12.8 Å². The van der Waals surface area contributed by atoms with Crippen LogP contribution in [-0.2, 0) is 0 Å². The lowest BCUT2D eigenvalue weighted by molar-refractivity contribution is 0.715. The summed E-state index contributed by atoms with van der Waals surface area (Å²) in [5.41, 5.74) is 0. The minimum Gasteiger partial charge on any atom is -0.198 e. The van der Waals surface area contributed by atoms with E-state index in [0.717, 1.165) is 50.6 Å². The van der Waals surface area contributed by atoms with E-state index in [1.807, 2.05) is 0 Å². The first kappa shape index (κ1) is 16.8. The molecular weight excluding hydrogens is 271 g/mol. The molecule has 0 atom stereocenters. The first-order valence-corrected chi connectivity index (χ1v) is 10.7. The van der Waals surface area contributed by atoms with Crippen LogP contribution >= 0.6 is 22.2 Å². The van der Waals surface area contributed by atoms with Crippen molar-refractivity contribution < 1.29 is 0 Å². The second-order valence-corrected chi connectivity index (χ2v) is 11.9. The second kappa shape index (κ2) is 10.9. The molecule has 0 aliphatic heterocycles. The van der Waals surface area contributed by atoms with Gasteiger partial charge in [-0.1, -0.05) is 25.7 Å². The van der Waals surface area contributed by atoms with E-state index >= 15 is 0 Å². The number of nitrogens with zero attached hydrogens (tertiary/aromatic N) is 2. The van der Waals surface area contributed by atoms with E-state index in [4.69, 9.17) is 32.7 Å². The quantitative estimate of drug-likeness (QED) is 0.320. The number of hydrogen-bond acceptors (Lipinski definition) is 2. The summed E-state index contributed by atoms with van der Waals surface area (Å²) in [6.45, 7) is -2.05. The molecule has 0 aliphatic rings. The Bertz CT molecular complexity index is 243. The van der Waals surface area contributed by atoms with Crippen LogP contribution < -0.4 is 0 Å². The monoisotopic (exact) mass is 290 g/mol. The van der Waals surface area contributed by atoms with Crippen molar-refractivity contribution in [3.8, 4) is 12.1 Å². The Balaban J connectivity index is 3.46. The van der Waals surface area contributed by atoms with Gasteiger partial charge in [0.1, 0.15) is 0 Å². The normalized spacial score (nSPS) is 10.8. The molecular formula is C12H20Cl2N2Si. The first-order valence-electron chi connectivity index (χ1n) is 6.24. The van der Waals surface area contributed by atoms with Gasteiger partial charge in [-0.15, -0.1) is 22.2 Å². The molecule has 0 saturated heterocycles. The Kier molecular flexibility index (Phi) is 10.8. The van der Waals surface area contributed by atoms with Gasteiger partial charge in [-0.05, 0) is 24.9 Å². The molecule has 0 unspecified atom stereocenters. The SMILES string of the molecule is N#CCCCCC[Si](Cl)(Cl)CCCCCC#N. The van der Waals surface area contributed by atoms with Gasteiger partial charge in [-0.2, -0.15) is 10.5 Å². The Morgan fingerprint density at radius 1 is 0.706 bits per heavy atom. The highest BCUT2D eigenvalue weighted by Gasteiger charge is 2.26. The van der Waals surface area contributed by atoms with Crippen LogP contribution in [0.2, 0.25) is 12.1 Å². The minimum atomic E-state index is -2.05. The van der Waals surface area contributed by atoms with Crippen molar-refractivity contribution in [1.82, 2.24) is 0 Å². The Morgan fingerprint density at radius 2 is 1.12 bits per heavy atom. The number of rotatable bonds is 10. The molecule has 0 aromatic rings. The average molecular weight is 291 g/mol. The van der Waals surface area contributed by atoms with Gasteiger partial charge < -0.3 is 0 Å². The summed E-state index contributed by atoms with van der Waals surface area (Å²) in [6.07, 6.45) is 7.36. The second-order valence-electron chi connectivity index (χ2n) is 4.29. The van der Waals surface area contributed by atoms with Crippen molar-refractivity contribution in [3.63, 3.8) is 0 Å². The number of hydrogen-bond donors (Lipinski definition) is 0. The highest BCUT2D eigenvalue weighted by molar-refractivity contribution is 7.45. The van der Waals surface area contributed by atoms with Gasteiger partial charge >= 0.3 is 0 Å². The summed E-state index contributed by atoms with van der Waals surface area (Å²) in [7, 11) is 0. The lowest BCUT2D eigenvalue weighted by Crippen LogP contribution is -2.18. The molecule has 0 N–H and O–H groups in total. The Morgan fingerprint density at radius 3 is 1.47 bits per heavy atom. The number of unbranched alkanes of at least 4 members (excludes halogenated alkanes) is 6. The van der Waals surface area contributed by atoms with Crippen LogP contribution in [0.4, 0.5) is 0 Å². The standard InChI is InChI=1S/C12H20Cl2N2Si/c13-17(14,11-7-3-1-5-9-15)12-8-4-2-6-10-16/h1-8,11-12H2. The molecule has 0 aromatic heterocycles. The molecule has 0 radical (unpaired) electrons. The average Bonchev–Trinajstić information content (AvgIpc) is 2.28.